The predicted molar refractivity (Wildman–Crippen MR) is 113 cm³/mol. The number of aromatic amines is 1. The van der Waals surface area contributed by atoms with Crippen LogP contribution in [0.25, 0.3) is 11.8 Å². The van der Waals surface area contributed by atoms with Crippen LogP contribution in [0.2, 0.25) is 0 Å². The van der Waals surface area contributed by atoms with Crippen LogP contribution in [0.4, 0.5) is 5.69 Å². The zero-order valence-corrected chi connectivity index (χ0v) is 16.1. The maximum absolute atomic E-state index is 12.8. The van der Waals surface area contributed by atoms with E-state index in [0.29, 0.717) is 23.4 Å². The topological polar surface area (TPSA) is 70.5 Å². The summed E-state index contributed by atoms with van der Waals surface area (Å²) in [4.78, 5) is 24.3. The molecule has 0 spiro atoms. The smallest absolute Gasteiger partial charge is 0.278 e. The van der Waals surface area contributed by atoms with E-state index in [0.717, 1.165) is 17.0 Å². The van der Waals surface area contributed by atoms with Gasteiger partial charge < -0.3 is 0 Å². The number of carbonyl (C=O) groups excluding carboxylic acids is 1. The summed E-state index contributed by atoms with van der Waals surface area (Å²) in [6.45, 7) is 5.53. The lowest BCUT2D eigenvalue weighted by Gasteiger charge is -2.12. The van der Waals surface area contributed by atoms with Crippen LogP contribution < -0.4 is 10.6 Å². The molecule has 0 radical (unpaired) electrons. The second-order valence-corrected chi connectivity index (χ2v) is 6.42. The molecule has 6 heteroatoms. The van der Waals surface area contributed by atoms with Gasteiger partial charge in [0.25, 0.3) is 5.56 Å². The van der Waals surface area contributed by atoms with Crippen LogP contribution in [-0.2, 0) is 4.79 Å². The number of aryl methyl sites for hydroxylation is 1. The second-order valence-electron chi connectivity index (χ2n) is 6.42. The molecule has 0 aliphatic heterocycles. The Balaban J connectivity index is 1.94. The number of nitrogens with zero attached hydrogens (tertiary/aromatic N) is 3. The monoisotopic (exact) mass is 374 g/mol. The molecular weight excluding hydrogens is 352 g/mol. The van der Waals surface area contributed by atoms with Crippen molar-refractivity contribution in [2.45, 2.75) is 20.8 Å². The van der Waals surface area contributed by atoms with Gasteiger partial charge >= 0.3 is 0 Å². The minimum absolute atomic E-state index is 0.133. The van der Waals surface area contributed by atoms with E-state index in [9.17, 15) is 9.59 Å². The lowest BCUT2D eigenvalue weighted by Crippen LogP contribution is -2.17. The van der Waals surface area contributed by atoms with Crippen LogP contribution in [0.15, 0.2) is 76.1 Å². The first kappa shape index (κ1) is 19.1. The zero-order valence-electron chi connectivity index (χ0n) is 16.1. The number of benzene rings is 2. The van der Waals surface area contributed by atoms with Crippen LogP contribution in [0.3, 0.4) is 0 Å². The summed E-state index contributed by atoms with van der Waals surface area (Å²) in [6, 6.07) is 18.6. The molecule has 0 fully saturated rings. The van der Waals surface area contributed by atoms with Gasteiger partial charge in [0.05, 0.1) is 22.6 Å². The van der Waals surface area contributed by atoms with Crippen molar-refractivity contribution in [2.75, 3.05) is 5.01 Å². The molecule has 0 aliphatic rings. The third-order valence-corrected chi connectivity index (χ3v) is 4.44. The molecule has 142 valence electrons. The highest BCUT2D eigenvalue weighted by molar-refractivity contribution is 6.02. The van der Waals surface area contributed by atoms with Crippen molar-refractivity contribution in [1.29, 1.82) is 0 Å². The van der Waals surface area contributed by atoms with Crippen molar-refractivity contribution in [3.05, 3.63) is 87.8 Å². The molecule has 1 aromatic heterocycles. The summed E-state index contributed by atoms with van der Waals surface area (Å²) in [5.74, 6) is 0. The van der Waals surface area contributed by atoms with E-state index in [1.165, 1.54) is 9.69 Å². The number of nitrogens with one attached hydrogen (secondary N) is 1. The molecule has 0 saturated carbocycles. The van der Waals surface area contributed by atoms with Gasteiger partial charge in [0.1, 0.15) is 0 Å². The van der Waals surface area contributed by atoms with Crippen molar-refractivity contribution in [2.24, 2.45) is 5.10 Å². The number of amides is 1. The van der Waals surface area contributed by atoms with Gasteiger partial charge in [-0.3, -0.25) is 14.7 Å². The minimum Gasteiger partial charge on any atom is -0.295 e. The third kappa shape index (κ3) is 4.01. The predicted octanol–water partition coefficient (Wildman–Crippen LogP) is 3.92. The molecule has 0 saturated heterocycles. The molecule has 3 rings (SSSR count). The molecule has 6 nitrogen and oxygen atoms in total. The number of hydrogen-bond donors (Lipinski definition) is 1. The first-order valence-electron chi connectivity index (χ1n) is 8.91. The molecule has 0 unspecified atom stereocenters. The molecular formula is C22H22N4O2. The fraction of sp³-hybridized carbons (Fsp3) is 0.136. The largest absolute Gasteiger partial charge is 0.295 e. The van der Waals surface area contributed by atoms with Crippen LogP contribution in [0.5, 0.6) is 0 Å². The van der Waals surface area contributed by atoms with Crippen LogP contribution in [0, 0.1) is 6.92 Å². The summed E-state index contributed by atoms with van der Waals surface area (Å²) in [6.07, 6.45) is 2.45. The Kier molecular flexibility index (Phi) is 5.69. The number of rotatable bonds is 6. The zero-order chi connectivity index (χ0) is 20.1. The number of hydrazone groups is 1. The second kappa shape index (κ2) is 8.35. The lowest BCUT2D eigenvalue weighted by molar-refractivity contribution is -0.107. The van der Waals surface area contributed by atoms with Crippen LogP contribution >= 0.6 is 0 Å². The van der Waals surface area contributed by atoms with Gasteiger partial charge in [-0.2, -0.15) is 5.10 Å². The first-order chi connectivity index (χ1) is 13.5. The van der Waals surface area contributed by atoms with Crippen LogP contribution in [-0.4, -0.2) is 21.9 Å². The molecule has 28 heavy (non-hydrogen) atoms. The SMILES string of the molecule is CC(=N/N(C=O)c1ccccc1)/C(C)=C/c1c(C)[nH]n(-c2ccccc2)c1=O. The Morgan fingerprint density at radius 3 is 2.25 bits per heavy atom. The van der Waals surface area contributed by atoms with Gasteiger partial charge in [0, 0.05) is 5.69 Å². The van der Waals surface area contributed by atoms with Crippen molar-refractivity contribution in [1.82, 2.24) is 9.78 Å². The van der Waals surface area contributed by atoms with Gasteiger partial charge in [0.15, 0.2) is 0 Å². The average molecular weight is 374 g/mol. The average Bonchev–Trinajstić information content (AvgIpc) is 3.01. The molecule has 1 N–H and O–H groups in total. The van der Waals surface area contributed by atoms with Gasteiger partial charge in [-0.1, -0.05) is 36.4 Å². The number of hydrogen-bond acceptors (Lipinski definition) is 3. The number of aromatic nitrogens is 2. The van der Waals surface area contributed by atoms with Crippen molar-refractivity contribution in [3.8, 4) is 5.69 Å². The molecule has 2 aromatic carbocycles. The number of anilines is 1. The highest BCUT2D eigenvalue weighted by atomic mass is 16.1. The van der Waals surface area contributed by atoms with E-state index in [4.69, 9.17) is 0 Å². The van der Waals surface area contributed by atoms with Crippen molar-refractivity contribution in [3.63, 3.8) is 0 Å². The molecule has 0 bridgehead atoms. The summed E-state index contributed by atoms with van der Waals surface area (Å²) in [7, 11) is 0. The first-order valence-corrected chi connectivity index (χ1v) is 8.91. The molecule has 1 heterocycles. The Hall–Kier alpha value is -3.67. The number of para-hydroxylation sites is 2. The summed E-state index contributed by atoms with van der Waals surface area (Å²) in [5.41, 5.74) is 4.07. The van der Waals surface area contributed by atoms with Gasteiger partial charge in [-0.15, -0.1) is 0 Å². The number of H-pyrrole nitrogens is 1. The third-order valence-electron chi connectivity index (χ3n) is 4.44. The van der Waals surface area contributed by atoms with Gasteiger partial charge in [-0.05, 0) is 56.7 Å². The van der Waals surface area contributed by atoms with Crippen LogP contribution in [0.1, 0.15) is 25.1 Å². The van der Waals surface area contributed by atoms with E-state index in [1.54, 1.807) is 18.2 Å². The van der Waals surface area contributed by atoms with Gasteiger partial charge in [0.2, 0.25) is 6.41 Å². The van der Waals surface area contributed by atoms with Crippen molar-refractivity contribution < 1.29 is 4.79 Å². The number of allylic oxidation sites excluding steroid dienone is 1. The maximum atomic E-state index is 12.8. The highest BCUT2D eigenvalue weighted by Gasteiger charge is 2.12. The normalized spacial score (nSPS) is 12.1. The molecule has 0 atom stereocenters. The maximum Gasteiger partial charge on any atom is 0.278 e. The molecule has 3 aromatic rings. The summed E-state index contributed by atoms with van der Waals surface area (Å²) >= 11 is 0. The van der Waals surface area contributed by atoms with E-state index in [1.807, 2.05) is 69.3 Å². The van der Waals surface area contributed by atoms with E-state index in [-0.39, 0.29) is 5.56 Å². The quantitative estimate of drug-likeness (QED) is 0.404. The summed E-state index contributed by atoms with van der Waals surface area (Å²) in [5, 5.41) is 8.76. The minimum atomic E-state index is -0.133. The fourth-order valence-electron chi connectivity index (χ4n) is 2.77. The Morgan fingerprint density at radius 2 is 1.64 bits per heavy atom. The Morgan fingerprint density at radius 1 is 1.04 bits per heavy atom. The fourth-order valence-corrected chi connectivity index (χ4v) is 2.77. The number of carbonyl (C=O) groups is 1. The highest BCUT2D eigenvalue weighted by Crippen LogP contribution is 2.15. The molecule has 1 amide bonds. The van der Waals surface area contributed by atoms with Gasteiger partial charge in [-0.25, -0.2) is 9.69 Å². The van der Waals surface area contributed by atoms with Crippen molar-refractivity contribution >= 4 is 23.9 Å². The lowest BCUT2D eigenvalue weighted by atomic mass is 10.1. The molecule has 0 aliphatic carbocycles. The van der Waals surface area contributed by atoms with E-state index >= 15 is 0 Å². The summed E-state index contributed by atoms with van der Waals surface area (Å²) < 4.78 is 1.52. The van der Waals surface area contributed by atoms with E-state index in [2.05, 4.69) is 10.2 Å². The Bertz CT molecular complexity index is 1080. The van der Waals surface area contributed by atoms with E-state index < -0.39 is 0 Å². The Labute approximate surface area is 163 Å². The standard InChI is InChI=1S/C22H22N4O2/c1-16(17(2)23-25(15-27)19-10-6-4-7-11-19)14-21-18(3)24-26(22(21)28)20-12-8-5-9-13-20/h4-15,24H,1-3H3/b16-14+,23-17-.